The zero-order valence-electron chi connectivity index (χ0n) is 13.8. The second-order valence-electron chi connectivity index (χ2n) is 5.26. The van der Waals surface area contributed by atoms with Crippen LogP contribution in [0.25, 0.3) is 11.1 Å². The Hall–Kier alpha value is -2.61. The Balaban J connectivity index is 1.89. The van der Waals surface area contributed by atoms with Crippen LogP contribution < -0.4 is 10.0 Å². The zero-order chi connectivity index (χ0) is 18.5. The van der Waals surface area contributed by atoms with Crippen LogP contribution >= 0.6 is 11.6 Å². The van der Waals surface area contributed by atoms with Crippen LogP contribution in [-0.4, -0.2) is 27.5 Å². The monoisotopic (exact) mass is 386 g/mol. The van der Waals surface area contributed by atoms with Crippen molar-refractivity contribution in [1.29, 1.82) is 0 Å². The molecule has 0 bridgehead atoms. The molecule has 3 aromatic rings. The SMILES string of the molecule is CNC(=O)c1cc(-c2cnc(Cl)c(N[S+]([O-])c3ccccc3)c2)ccn1. The Bertz CT molecular complexity index is 924. The molecule has 1 aromatic carbocycles. The van der Waals surface area contributed by atoms with Crippen molar-refractivity contribution in [3.63, 3.8) is 0 Å². The van der Waals surface area contributed by atoms with Crippen molar-refractivity contribution in [2.45, 2.75) is 4.90 Å². The van der Waals surface area contributed by atoms with Crippen molar-refractivity contribution in [3.8, 4) is 11.1 Å². The predicted octanol–water partition coefficient (Wildman–Crippen LogP) is 3.29. The minimum absolute atomic E-state index is 0.207. The van der Waals surface area contributed by atoms with E-state index in [1.165, 1.54) is 0 Å². The lowest BCUT2D eigenvalue weighted by Gasteiger charge is -2.13. The molecule has 0 saturated heterocycles. The van der Waals surface area contributed by atoms with E-state index in [2.05, 4.69) is 20.0 Å². The summed E-state index contributed by atoms with van der Waals surface area (Å²) in [5.41, 5.74) is 2.19. The summed E-state index contributed by atoms with van der Waals surface area (Å²) in [5, 5.41) is 2.74. The van der Waals surface area contributed by atoms with Crippen molar-refractivity contribution in [1.82, 2.24) is 15.3 Å². The van der Waals surface area contributed by atoms with Gasteiger partial charge in [-0.25, -0.2) is 9.71 Å². The number of carbonyl (C=O) groups is 1. The van der Waals surface area contributed by atoms with Crippen molar-refractivity contribution in [2.75, 3.05) is 11.8 Å². The first-order valence-corrected chi connectivity index (χ1v) is 9.19. The topological polar surface area (TPSA) is 90.0 Å². The highest BCUT2D eigenvalue weighted by Crippen LogP contribution is 2.28. The lowest BCUT2D eigenvalue weighted by atomic mass is 10.1. The Morgan fingerprint density at radius 3 is 2.62 bits per heavy atom. The fraction of sp³-hybridized carbons (Fsp3) is 0.0556. The number of benzene rings is 1. The molecule has 132 valence electrons. The number of nitrogens with one attached hydrogen (secondary N) is 2. The number of hydrogen-bond donors (Lipinski definition) is 2. The minimum atomic E-state index is -1.47. The maximum Gasteiger partial charge on any atom is 0.269 e. The first kappa shape index (κ1) is 18.2. The van der Waals surface area contributed by atoms with Crippen LogP contribution in [0.4, 0.5) is 5.69 Å². The molecule has 1 unspecified atom stereocenters. The molecule has 0 radical (unpaired) electrons. The van der Waals surface area contributed by atoms with E-state index in [-0.39, 0.29) is 11.1 Å². The van der Waals surface area contributed by atoms with Crippen LogP contribution in [-0.2, 0) is 11.4 Å². The second-order valence-corrected chi connectivity index (χ2v) is 6.83. The van der Waals surface area contributed by atoms with Crippen molar-refractivity contribution in [2.24, 2.45) is 0 Å². The first-order chi connectivity index (χ1) is 12.6. The largest absolute Gasteiger partial charge is 0.588 e. The van der Waals surface area contributed by atoms with Gasteiger partial charge in [-0.2, -0.15) is 0 Å². The van der Waals surface area contributed by atoms with Crippen LogP contribution in [0.2, 0.25) is 5.15 Å². The molecule has 0 spiro atoms. The van der Waals surface area contributed by atoms with E-state index >= 15 is 0 Å². The summed E-state index contributed by atoms with van der Waals surface area (Å²) in [6, 6.07) is 14.1. The summed E-state index contributed by atoms with van der Waals surface area (Å²) in [4.78, 5) is 20.6. The molecular formula is C18H15ClN4O2S. The molecule has 2 aromatic heterocycles. The van der Waals surface area contributed by atoms with Gasteiger partial charge in [0.1, 0.15) is 22.7 Å². The molecule has 0 aliphatic rings. The van der Waals surface area contributed by atoms with Gasteiger partial charge in [0.15, 0.2) is 10.0 Å². The van der Waals surface area contributed by atoms with E-state index in [4.69, 9.17) is 11.6 Å². The summed E-state index contributed by atoms with van der Waals surface area (Å²) in [6.07, 6.45) is 3.13. The maximum absolute atomic E-state index is 12.4. The normalized spacial score (nSPS) is 11.7. The molecule has 0 aliphatic heterocycles. The van der Waals surface area contributed by atoms with Crippen LogP contribution in [0.15, 0.2) is 65.8 Å². The number of rotatable bonds is 5. The molecular weight excluding hydrogens is 372 g/mol. The number of aromatic nitrogens is 2. The van der Waals surface area contributed by atoms with E-state index in [0.29, 0.717) is 16.3 Å². The molecule has 2 heterocycles. The van der Waals surface area contributed by atoms with E-state index in [9.17, 15) is 9.35 Å². The summed E-state index contributed by atoms with van der Waals surface area (Å²) >= 11 is 4.66. The van der Waals surface area contributed by atoms with Gasteiger partial charge >= 0.3 is 0 Å². The van der Waals surface area contributed by atoms with Crippen LogP contribution in [0.1, 0.15) is 10.5 Å². The molecule has 6 nitrogen and oxygen atoms in total. The third kappa shape index (κ3) is 4.13. The average Bonchev–Trinajstić information content (AvgIpc) is 2.69. The Morgan fingerprint density at radius 2 is 1.88 bits per heavy atom. The summed E-state index contributed by atoms with van der Waals surface area (Å²) < 4.78 is 15.3. The predicted molar refractivity (Wildman–Crippen MR) is 102 cm³/mol. The van der Waals surface area contributed by atoms with E-state index < -0.39 is 11.4 Å². The quantitative estimate of drug-likeness (QED) is 0.518. The second kappa shape index (κ2) is 8.18. The third-order valence-electron chi connectivity index (χ3n) is 3.55. The zero-order valence-corrected chi connectivity index (χ0v) is 15.3. The number of halogens is 1. The van der Waals surface area contributed by atoms with E-state index in [0.717, 1.165) is 11.1 Å². The fourth-order valence-electron chi connectivity index (χ4n) is 2.24. The smallest absolute Gasteiger partial charge is 0.269 e. The summed E-state index contributed by atoms with van der Waals surface area (Å²) in [5.74, 6) is -0.280. The highest BCUT2D eigenvalue weighted by molar-refractivity contribution is 7.92. The van der Waals surface area contributed by atoms with Crippen LogP contribution in [0.5, 0.6) is 0 Å². The van der Waals surface area contributed by atoms with Crippen LogP contribution in [0, 0.1) is 0 Å². The average molecular weight is 387 g/mol. The van der Waals surface area contributed by atoms with Gasteiger partial charge in [0.05, 0.1) is 0 Å². The molecule has 8 heteroatoms. The van der Waals surface area contributed by atoms with Crippen molar-refractivity contribution in [3.05, 3.63) is 71.8 Å². The van der Waals surface area contributed by atoms with Gasteiger partial charge in [-0.15, -0.1) is 0 Å². The van der Waals surface area contributed by atoms with Crippen molar-refractivity contribution >= 4 is 34.6 Å². The number of anilines is 1. The molecule has 0 saturated carbocycles. The highest BCUT2D eigenvalue weighted by Gasteiger charge is 2.15. The van der Waals surface area contributed by atoms with Gasteiger partial charge in [-0.3, -0.25) is 9.78 Å². The van der Waals surface area contributed by atoms with Gasteiger partial charge in [-0.1, -0.05) is 29.8 Å². The Labute approximate surface area is 159 Å². The molecule has 26 heavy (non-hydrogen) atoms. The number of carbonyl (C=O) groups excluding carboxylic acids is 1. The van der Waals surface area contributed by atoms with Gasteiger partial charge in [0.2, 0.25) is 0 Å². The number of hydrogen-bond acceptors (Lipinski definition) is 5. The lowest BCUT2D eigenvalue weighted by Crippen LogP contribution is -2.19. The maximum atomic E-state index is 12.4. The molecule has 1 atom stereocenters. The molecule has 0 aliphatic carbocycles. The third-order valence-corrected chi connectivity index (χ3v) is 4.96. The summed E-state index contributed by atoms with van der Waals surface area (Å²) in [7, 11) is 1.54. The molecule has 3 rings (SSSR count). The summed E-state index contributed by atoms with van der Waals surface area (Å²) in [6.45, 7) is 0. The number of nitrogens with zero attached hydrogens (tertiary/aromatic N) is 2. The fourth-order valence-corrected chi connectivity index (χ4v) is 3.33. The standard InChI is InChI=1S/C18H15ClN4O2S/c1-20-18(24)16-9-12(7-8-21-16)13-10-15(17(19)22-11-13)23-26(25)14-5-3-2-4-6-14/h2-11,23H,1H3,(H,20,24). The molecule has 2 N–H and O–H groups in total. The van der Waals surface area contributed by atoms with Gasteiger partial charge in [0, 0.05) is 25.0 Å². The van der Waals surface area contributed by atoms with E-state index in [1.807, 2.05) is 18.2 Å². The van der Waals surface area contributed by atoms with Gasteiger partial charge in [-0.05, 0) is 35.9 Å². The number of pyridine rings is 2. The number of amides is 1. The van der Waals surface area contributed by atoms with E-state index in [1.54, 1.807) is 49.8 Å². The Morgan fingerprint density at radius 1 is 1.12 bits per heavy atom. The van der Waals surface area contributed by atoms with Crippen molar-refractivity contribution < 1.29 is 9.35 Å². The van der Waals surface area contributed by atoms with Gasteiger partial charge in [0.25, 0.3) is 5.91 Å². The van der Waals surface area contributed by atoms with Gasteiger partial charge < -0.3 is 9.87 Å². The molecule has 0 fully saturated rings. The molecule has 1 amide bonds. The Kier molecular flexibility index (Phi) is 5.72. The van der Waals surface area contributed by atoms with Crippen LogP contribution in [0.3, 0.4) is 0 Å². The first-order valence-electron chi connectivity index (χ1n) is 7.66. The minimum Gasteiger partial charge on any atom is -0.588 e. The lowest BCUT2D eigenvalue weighted by molar-refractivity contribution is 0.0958. The highest BCUT2D eigenvalue weighted by atomic mass is 35.5.